The number of nitrogens with one attached hydrogen (secondary N) is 1. The molecule has 2 N–H and O–H groups in total. The van der Waals surface area contributed by atoms with Gasteiger partial charge in [0.25, 0.3) is 5.91 Å². The minimum absolute atomic E-state index is 0.0544. The molecule has 0 aromatic heterocycles. The van der Waals surface area contributed by atoms with E-state index in [1.165, 1.54) is 33.5 Å². The van der Waals surface area contributed by atoms with Gasteiger partial charge in [0.05, 0.1) is 32.5 Å². The number of rotatable bonds is 6. The summed E-state index contributed by atoms with van der Waals surface area (Å²) in [6.07, 6.45) is 0. The lowest BCUT2D eigenvalue weighted by Gasteiger charge is -2.15. The summed E-state index contributed by atoms with van der Waals surface area (Å²) in [5.74, 6) is -0.589. The standard InChI is InChI=1S/C17H17NO6/c1-22-13-8-10(9-14(23-2)15(13)24-3)18-16(19)11-6-4-5-7-12(11)17(20)21/h4-9H,1-3H3,(H,18,19)(H,20,21). The van der Waals surface area contributed by atoms with Crippen LogP contribution in [0.15, 0.2) is 36.4 Å². The number of methoxy groups -OCH3 is 3. The molecule has 0 aliphatic rings. The van der Waals surface area contributed by atoms with Gasteiger partial charge < -0.3 is 24.6 Å². The normalized spacial score (nSPS) is 9.96. The van der Waals surface area contributed by atoms with Crippen molar-refractivity contribution in [1.82, 2.24) is 0 Å². The Morgan fingerprint density at radius 2 is 1.46 bits per heavy atom. The van der Waals surface area contributed by atoms with E-state index >= 15 is 0 Å². The molecule has 2 rings (SSSR count). The molecule has 0 fully saturated rings. The number of anilines is 1. The van der Waals surface area contributed by atoms with Crippen molar-refractivity contribution in [2.45, 2.75) is 0 Å². The maximum atomic E-state index is 12.4. The van der Waals surface area contributed by atoms with E-state index in [9.17, 15) is 14.7 Å². The van der Waals surface area contributed by atoms with Gasteiger partial charge in [-0.25, -0.2) is 4.79 Å². The Balaban J connectivity index is 2.38. The Kier molecular flexibility index (Phi) is 5.26. The molecule has 126 valence electrons. The smallest absolute Gasteiger partial charge is 0.336 e. The van der Waals surface area contributed by atoms with Crippen LogP contribution in [0, 0.1) is 0 Å². The van der Waals surface area contributed by atoms with Crippen molar-refractivity contribution in [2.24, 2.45) is 0 Å². The van der Waals surface area contributed by atoms with E-state index in [0.717, 1.165) is 0 Å². The van der Waals surface area contributed by atoms with Crippen LogP contribution in [0.5, 0.6) is 17.2 Å². The van der Waals surface area contributed by atoms with Crippen LogP contribution in [-0.4, -0.2) is 38.3 Å². The van der Waals surface area contributed by atoms with E-state index in [1.54, 1.807) is 24.3 Å². The minimum Gasteiger partial charge on any atom is -0.493 e. The molecule has 2 aromatic rings. The quantitative estimate of drug-likeness (QED) is 0.845. The van der Waals surface area contributed by atoms with Gasteiger partial charge in [-0.3, -0.25) is 4.79 Å². The molecule has 0 atom stereocenters. The van der Waals surface area contributed by atoms with Gasteiger partial charge in [0, 0.05) is 17.8 Å². The zero-order chi connectivity index (χ0) is 17.7. The van der Waals surface area contributed by atoms with E-state index in [1.807, 2.05) is 0 Å². The average molecular weight is 331 g/mol. The maximum Gasteiger partial charge on any atom is 0.336 e. The Labute approximate surface area is 138 Å². The van der Waals surface area contributed by atoms with Crippen molar-refractivity contribution < 1.29 is 28.9 Å². The first-order valence-electron chi connectivity index (χ1n) is 6.95. The third-order valence-corrected chi connectivity index (χ3v) is 3.32. The molecular formula is C17H17NO6. The molecule has 0 heterocycles. The largest absolute Gasteiger partial charge is 0.493 e. The predicted molar refractivity (Wildman–Crippen MR) is 87.5 cm³/mol. The molecule has 0 aliphatic heterocycles. The van der Waals surface area contributed by atoms with Gasteiger partial charge >= 0.3 is 5.97 Å². The van der Waals surface area contributed by atoms with Crippen molar-refractivity contribution >= 4 is 17.6 Å². The molecule has 7 nitrogen and oxygen atoms in total. The van der Waals surface area contributed by atoms with Gasteiger partial charge in [0.15, 0.2) is 11.5 Å². The number of carbonyl (C=O) groups is 2. The summed E-state index contributed by atoms with van der Waals surface area (Å²) in [4.78, 5) is 23.6. The molecule has 7 heteroatoms. The fourth-order valence-corrected chi connectivity index (χ4v) is 2.22. The summed E-state index contributed by atoms with van der Waals surface area (Å²) in [5.41, 5.74) is 0.357. The lowest BCUT2D eigenvalue weighted by Crippen LogP contribution is -2.16. The number of ether oxygens (including phenoxy) is 3. The Morgan fingerprint density at radius 3 is 1.92 bits per heavy atom. The molecule has 24 heavy (non-hydrogen) atoms. The molecule has 2 aromatic carbocycles. The van der Waals surface area contributed by atoms with Gasteiger partial charge in [0.2, 0.25) is 5.75 Å². The van der Waals surface area contributed by atoms with Crippen molar-refractivity contribution in [1.29, 1.82) is 0 Å². The topological polar surface area (TPSA) is 94.1 Å². The number of benzene rings is 2. The minimum atomic E-state index is -1.18. The van der Waals surface area contributed by atoms with E-state index in [0.29, 0.717) is 22.9 Å². The third-order valence-electron chi connectivity index (χ3n) is 3.32. The molecular weight excluding hydrogens is 314 g/mol. The number of carbonyl (C=O) groups excluding carboxylic acids is 1. The zero-order valence-electron chi connectivity index (χ0n) is 13.5. The summed E-state index contributed by atoms with van der Waals surface area (Å²) >= 11 is 0. The molecule has 0 unspecified atom stereocenters. The molecule has 1 amide bonds. The second-order valence-electron chi connectivity index (χ2n) is 4.72. The summed E-state index contributed by atoms with van der Waals surface area (Å²) in [5, 5.41) is 11.8. The van der Waals surface area contributed by atoms with Crippen LogP contribution in [0.1, 0.15) is 20.7 Å². The first-order chi connectivity index (χ1) is 11.5. The molecule has 0 saturated carbocycles. The number of amides is 1. The van der Waals surface area contributed by atoms with Crippen LogP contribution in [0.2, 0.25) is 0 Å². The van der Waals surface area contributed by atoms with E-state index in [2.05, 4.69) is 5.32 Å². The second kappa shape index (κ2) is 7.36. The number of aromatic carboxylic acids is 1. The van der Waals surface area contributed by atoms with Gasteiger partial charge in [-0.2, -0.15) is 0 Å². The number of carboxylic acid groups (broad SMARTS) is 1. The summed E-state index contributed by atoms with van der Waals surface area (Å²) in [6.45, 7) is 0. The van der Waals surface area contributed by atoms with Crippen LogP contribution in [0.3, 0.4) is 0 Å². The van der Waals surface area contributed by atoms with Crippen molar-refractivity contribution in [2.75, 3.05) is 26.6 Å². The lowest BCUT2D eigenvalue weighted by atomic mass is 10.1. The Bertz CT molecular complexity index is 746. The average Bonchev–Trinajstić information content (AvgIpc) is 2.60. The maximum absolute atomic E-state index is 12.4. The van der Waals surface area contributed by atoms with E-state index in [4.69, 9.17) is 14.2 Å². The third kappa shape index (κ3) is 3.40. The highest BCUT2D eigenvalue weighted by Crippen LogP contribution is 2.40. The number of carboxylic acids is 1. The highest BCUT2D eigenvalue weighted by atomic mass is 16.5. The lowest BCUT2D eigenvalue weighted by molar-refractivity contribution is 0.0692. The van der Waals surface area contributed by atoms with Crippen LogP contribution < -0.4 is 19.5 Å². The fraction of sp³-hybridized carbons (Fsp3) is 0.176. The highest BCUT2D eigenvalue weighted by Gasteiger charge is 2.18. The highest BCUT2D eigenvalue weighted by molar-refractivity contribution is 6.10. The summed E-state index contributed by atoms with van der Waals surface area (Å²) < 4.78 is 15.6. The predicted octanol–water partition coefficient (Wildman–Crippen LogP) is 2.66. The number of hydrogen-bond acceptors (Lipinski definition) is 5. The first-order valence-corrected chi connectivity index (χ1v) is 6.95. The van der Waals surface area contributed by atoms with Gasteiger partial charge in [0.1, 0.15) is 0 Å². The zero-order valence-corrected chi connectivity index (χ0v) is 13.5. The van der Waals surface area contributed by atoms with Crippen LogP contribution in [0.25, 0.3) is 0 Å². The van der Waals surface area contributed by atoms with Crippen molar-refractivity contribution in [3.63, 3.8) is 0 Å². The van der Waals surface area contributed by atoms with Crippen LogP contribution in [-0.2, 0) is 0 Å². The van der Waals surface area contributed by atoms with Crippen molar-refractivity contribution in [3.8, 4) is 17.2 Å². The van der Waals surface area contributed by atoms with Gasteiger partial charge in [-0.15, -0.1) is 0 Å². The summed E-state index contributed by atoms with van der Waals surface area (Å²) in [6, 6.07) is 9.07. The first kappa shape index (κ1) is 17.1. The van der Waals surface area contributed by atoms with Crippen LogP contribution in [0.4, 0.5) is 5.69 Å². The monoisotopic (exact) mass is 331 g/mol. The Hall–Kier alpha value is -3.22. The van der Waals surface area contributed by atoms with Crippen molar-refractivity contribution in [3.05, 3.63) is 47.5 Å². The fourth-order valence-electron chi connectivity index (χ4n) is 2.22. The SMILES string of the molecule is COc1cc(NC(=O)c2ccccc2C(=O)O)cc(OC)c1OC. The number of hydrogen-bond donors (Lipinski definition) is 2. The van der Waals surface area contributed by atoms with E-state index in [-0.39, 0.29) is 11.1 Å². The molecule has 0 spiro atoms. The molecule has 0 bridgehead atoms. The van der Waals surface area contributed by atoms with Gasteiger partial charge in [-0.05, 0) is 12.1 Å². The van der Waals surface area contributed by atoms with Crippen LogP contribution >= 0.6 is 0 Å². The molecule has 0 radical (unpaired) electrons. The van der Waals surface area contributed by atoms with E-state index < -0.39 is 11.9 Å². The van der Waals surface area contributed by atoms with Gasteiger partial charge in [-0.1, -0.05) is 12.1 Å². The molecule has 0 saturated heterocycles. The summed E-state index contributed by atoms with van der Waals surface area (Å²) in [7, 11) is 4.40. The Morgan fingerprint density at radius 1 is 0.917 bits per heavy atom. The second-order valence-corrected chi connectivity index (χ2v) is 4.72. The molecule has 0 aliphatic carbocycles.